The molecule has 2 atom stereocenters. The van der Waals surface area contributed by atoms with Crippen LogP contribution in [0.25, 0.3) is 0 Å². The Morgan fingerprint density at radius 3 is 2.13 bits per heavy atom. The molecule has 0 aromatic heterocycles. The highest BCUT2D eigenvalue weighted by Gasteiger charge is 2.42. The highest BCUT2D eigenvalue weighted by Crippen LogP contribution is 2.39. The van der Waals surface area contributed by atoms with Crippen LogP contribution >= 0.6 is 23.2 Å². The van der Waals surface area contributed by atoms with Crippen LogP contribution in [0.2, 0.25) is 10.0 Å². The minimum absolute atomic E-state index is 0.0566. The Hall–Kier alpha value is -0.820. The second kappa shape index (κ2) is 6.24. The molecule has 0 radical (unpaired) electrons. The number of hydrogen-bond acceptors (Lipinski definition) is 3. The van der Waals surface area contributed by atoms with E-state index >= 15 is 0 Å². The number of carbonyl (C=O) groups excluding carboxylic acids is 1. The van der Waals surface area contributed by atoms with E-state index in [9.17, 15) is 13.2 Å². The van der Waals surface area contributed by atoms with Crippen LogP contribution in [0.4, 0.5) is 0 Å². The van der Waals surface area contributed by atoms with E-state index < -0.39 is 10.0 Å². The second-order valence-corrected chi connectivity index (χ2v) is 8.79. The number of halogens is 2. The molecule has 1 saturated carbocycles. The molecule has 2 aliphatic rings. The minimum Gasteiger partial charge on any atom is -0.340 e. The molecule has 2 unspecified atom stereocenters. The number of hydrogen-bond donors (Lipinski definition) is 0. The molecule has 1 aromatic carbocycles. The summed E-state index contributed by atoms with van der Waals surface area (Å²) in [6, 6.07) is 4.63. The molecule has 0 bridgehead atoms. The van der Waals surface area contributed by atoms with Gasteiger partial charge in [0, 0.05) is 32.1 Å². The van der Waals surface area contributed by atoms with Crippen LogP contribution in [0.15, 0.2) is 23.1 Å². The molecule has 0 N–H and O–H groups in total. The molecule has 1 aliphatic carbocycles. The summed E-state index contributed by atoms with van der Waals surface area (Å²) < 4.78 is 26.9. The largest absolute Gasteiger partial charge is 0.340 e. The number of benzene rings is 1. The van der Waals surface area contributed by atoms with Gasteiger partial charge in [0.05, 0.1) is 10.0 Å². The highest BCUT2D eigenvalue weighted by molar-refractivity contribution is 7.89. The molecular weight excluding hydrogens is 359 g/mol. The molecule has 2 fully saturated rings. The number of piperazine rings is 1. The maximum absolute atomic E-state index is 12.8. The fraction of sp³-hybridized carbons (Fsp3) is 0.533. The zero-order chi connectivity index (χ0) is 16.8. The lowest BCUT2D eigenvalue weighted by atomic mass is 10.2. The third-order valence-electron chi connectivity index (χ3n) is 4.49. The molecule has 1 aliphatic heterocycles. The average Bonchev–Trinajstić information content (AvgIpc) is 3.23. The predicted octanol–water partition coefficient (Wildman–Crippen LogP) is 2.48. The number of nitrogens with zero attached hydrogens (tertiary/aromatic N) is 2. The Morgan fingerprint density at radius 1 is 1.13 bits per heavy atom. The first-order chi connectivity index (χ1) is 10.8. The Balaban J connectivity index is 1.73. The van der Waals surface area contributed by atoms with E-state index in [1.165, 1.54) is 16.4 Å². The fourth-order valence-electron chi connectivity index (χ4n) is 2.91. The summed E-state index contributed by atoms with van der Waals surface area (Å²) >= 11 is 12.0. The first-order valence-corrected chi connectivity index (χ1v) is 9.75. The van der Waals surface area contributed by atoms with Gasteiger partial charge >= 0.3 is 0 Å². The topological polar surface area (TPSA) is 57.7 Å². The van der Waals surface area contributed by atoms with Crippen molar-refractivity contribution in [2.45, 2.75) is 18.2 Å². The second-order valence-electron chi connectivity index (χ2n) is 6.10. The SMILES string of the molecule is CC1CC1C(=O)N1CCN(S(=O)(=O)c2c(Cl)cccc2Cl)CC1. The summed E-state index contributed by atoms with van der Waals surface area (Å²) in [4.78, 5) is 13.9. The van der Waals surface area contributed by atoms with Gasteiger partial charge in [0.1, 0.15) is 4.90 Å². The molecule has 23 heavy (non-hydrogen) atoms. The Bertz CT molecular complexity index is 710. The van der Waals surface area contributed by atoms with E-state index in [1.807, 2.05) is 0 Å². The van der Waals surface area contributed by atoms with Crippen LogP contribution in [0.1, 0.15) is 13.3 Å². The molecule has 8 heteroatoms. The van der Waals surface area contributed by atoms with Crippen molar-refractivity contribution in [3.05, 3.63) is 28.2 Å². The zero-order valence-corrected chi connectivity index (χ0v) is 15.0. The van der Waals surface area contributed by atoms with Crippen LogP contribution < -0.4 is 0 Å². The Kier molecular flexibility index (Phi) is 4.62. The van der Waals surface area contributed by atoms with E-state index in [0.29, 0.717) is 19.0 Å². The molecule has 1 amide bonds. The van der Waals surface area contributed by atoms with Crippen LogP contribution in [0.5, 0.6) is 0 Å². The summed E-state index contributed by atoms with van der Waals surface area (Å²) in [6.45, 7) is 3.39. The van der Waals surface area contributed by atoms with Crippen LogP contribution in [0, 0.1) is 11.8 Å². The van der Waals surface area contributed by atoms with Gasteiger partial charge in [-0.2, -0.15) is 4.31 Å². The molecule has 1 saturated heterocycles. The molecule has 0 spiro atoms. The summed E-state index contributed by atoms with van der Waals surface area (Å²) in [7, 11) is -3.76. The van der Waals surface area contributed by atoms with E-state index in [1.54, 1.807) is 11.0 Å². The lowest BCUT2D eigenvalue weighted by molar-refractivity contribution is -0.134. The van der Waals surface area contributed by atoms with Crippen molar-refractivity contribution in [1.82, 2.24) is 9.21 Å². The van der Waals surface area contributed by atoms with E-state index in [-0.39, 0.29) is 39.9 Å². The van der Waals surface area contributed by atoms with Crippen molar-refractivity contribution in [2.24, 2.45) is 11.8 Å². The number of sulfonamides is 1. The van der Waals surface area contributed by atoms with Crippen LogP contribution in [-0.2, 0) is 14.8 Å². The standard InChI is InChI=1S/C15H18Cl2N2O3S/c1-10-9-11(10)15(20)18-5-7-19(8-6-18)23(21,22)14-12(16)3-2-4-13(14)17/h2-4,10-11H,5-9H2,1H3. The monoisotopic (exact) mass is 376 g/mol. The molecular formula is C15H18Cl2N2O3S. The quantitative estimate of drug-likeness (QED) is 0.813. The molecule has 5 nitrogen and oxygen atoms in total. The third kappa shape index (κ3) is 3.22. The summed E-state index contributed by atoms with van der Waals surface area (Å²) in [5.74, 6) is 0.715. The van der Waals surface area contributed by atoms with Crippen molar-refractivity contribution in [2.75, 3.05) is 26.2 Å². The molecule has 3 rings (SSSR count). The minimum atomic E-state index is -3.76. The highest BCUT2D eigenvalue weighted by atomic mass is 35.5. The smallest absolute Gasteiger partial charge is 0.246 e. The molecule has 1 heterocycles. The Labute approximate surface area is 146 Å². The van der Waals surface area contributed by atoms with Gasteiger partial charge in [-0.05, 0) is 24.5 Å². The van der Waals surface area contributed by atoms with Gasteiger partial charge in [-0.3, -0.25) is 4.79 Å². The van der Waals surface area contributed by atoms with Crippen molar-refractivity contribution < 1.29 is 13.2 Å². The van der Waals surface area contributed by atoms with Gasteiger partial charge in [-0.1, -0.05) is 36.2 Å². The normalized spacial score (nSPS) is 25.4. The van der Waals surface area contributed by atoms with Gasteiger partial charge in [-0.25, -0.2) is 8.42 Å². The van der Waals surface area contributed by atoms with Gasteiger partial charge in [0.25, 0.3) is 0 Å². The first-order valence-electron chi connectivity index (χ1n) is 7.55. The maximum atomic E-state index is 12.8. The number of amides is 1. The summed E-state index contributed by atoms with van der Waals surface area (Å²) in [6.07, 6.45) is 0.937. The number of carbonyl (C=O) groups is 1. The summed E-state index contributed by atoms with van der Waals surface area (Å²) in [5.41, 5.74) is 0. The van der Waals surface area contributed by atoms with Gasteiger partial charge in [0.15, 0.2) is 0 Å². The van der Waals surface area contributed by atoms with Crippen molar-refractivity contribution in [3.63, 3.8) is 0 Å². The number of rotatable bonds is 3. The van der Waals surface area contributed by atoms with Crippen LogP contribution in [0.3, 0.4) is 0 Å². The van der Waals surface area contributed by atoms with Crippen LogP contribution in [-0.4, -0.2) is 49.7 Å². The van der Waals surface area contributed by atoms with E-state index in [2.05, 4.69) is 6.92 Å². The first kappa shape index (κ1) is 17.0. The molecule has 1 aromatic rings. The van der Waals surface area contributed by atoms with Gasteiger partial charge in [0.2, 0.25) is 15.9 Å². The van der Waals surface area contributed by atoms with E-state index in [0.717, 1.165) is 6.42 Å². The average molecular weight is 377 g/mol. The van der Waals surface area contributed by atoms with E-state index in [4.69, 9.17) is 23.2 Å². The molecule has 126 valence electrons. The van der Waals surface area contributed by atoms with Gasteiger partial charge in [-0.15, -0.1) is 0 Å². The fourth-order valence-corrected chi connectivity index (χ4v) is 5.42. The Morgan fingerprint density at radius 2 is 1.65 bits per heavy atom. The van der Waals surface area contributed by atoms with Crippen molar-refractivity contribution in [1.29, 1.82) is 0 Å². The lowest BCUT2D eigenvalue weighted by Gasteiger charge is -2.34. The summed E-state index contributed by atoms with van der Waals surface area (Å²) in [5, 5.41) is 0.227. The maximum Gasteiger partial charge on any atom is 0.246 e. The lowest BCUT2D eigenvalue weighted by Crippen LogP contribution is -2.51. The van der Waals surface area contributed by atoms with Crippen molar-refractivity contribution in [3.8, 4) is 0 Å². The zero-order valence-electron chi connectivity index (χ0n) is 12.7. The van der Waals surface area contributed by atoms with Gasteiger partial charge < -0.3 is 4.90 Å². The predicted molar refractivity (Wildman–Crippen MR) is 89.1 cm³/mol. The van der Waals surface area contributed by atoms with Crippen molar-refractivity contribution >= 4 is 39.1 Å². The third-order valence-corrected chi connectivity index (χ3v) is 7.35.